The molecule has 0 aliphatic carbocycles. The topological polar surface area (TPSA) is 43.4 Å². The lowest BCUT2D eigenvalue weighted by Crippen LogP contribution is -2.08. The fourth-order valence-corrected chi connectivity index (χ4v) is 4.05. The highest BCUT2D eigenvalue weighted by Crippen LogP contribution is 2.34. The molecule has 0 radical (unpaired) electrons. The lowest BCUT2D eigenvalue weighted by molar-refractivity contribution is 0.103. The van der Waals surface area contributed by atoms with Crippen molar-refractivity contribution in [1.82, 2.24) is 0 Å². The number of rotatable bonds is 7. The molecule has 0 unspecified atom stereocenters. The van der Waals surface area contributed by atoms with Gasteiger partial charge in [-0.1, -0.05) is 121 Å². The Morgan fingerprint density at radius 2 is 0.946 bits per heavy atom. The van der Waals surface area contributed by atoms with Crippen LogP contribution in [0.3, 0.4) is 0 Å². The first-order chi connectivity index (χ1) is 18.2. The summed E-state index contributed by atoms with van der Waals surface area (Å²) in [4.78, 5) is 26.6. The molecule has 0 atom stereocenters. The first-order valence-corrected chi connectivity index (χ1v) is 12.0. The van der Waals surface area contributed by atoms with E-state index in [9.17, 15) is 9.59 Å². The van der Waals surface area contributed by atoms with Crippen molar-refractivity contribution in [3.63, 3.8) is 0 Å². The molecule has 37 heavy (non-hydrogen) atoms. The third-order valence-corrected chi connectivity index (χ3v) is 5.96. The largest absolute Gasteiger partial charge is 0.456 e. The number of allylic oxidation sites excluding steroid dienone is 6. The molecule has 0 saturated heterocycles. The van der Waals surface area contributed by atoms with E-state index >= 15 is 0 Å². The SMILES string of the molecule is O=C(/C=C/C(C(=O)c1ccccc1)=C1C=C(c2ccccc2)OC(c2ccccc2)=C1)c1ccccc1. The van der Waals surface area contributed by atoms with E-state index < -0.39 is 0 Å². The van der Waals surface area contributed by atoms with Gasteiger partial charge in [0.05, 0.1) is 0 Å². The summed E-state index contributed by atoms with van der Waals surface area (Å²) < 4.78 is 6.31. The molecule has 0 N–H and O–H groups in total. The van der Waals surface area contributed by atoms with Crippen LogP contribution in [0.4, 0.5) is 0 Å². The van der Waals surface area contributed by atoms with Gasteiger partial charge in [0.2, 0.25) is 0 Å². The van der Waals surface area contributed by atoms with Crippen LogP contribution in [0.2, 0.25) is 0 Å². The molecule has 0 spiro atoms. The molecule has 1 heterocycles. The second-order valence-electron chi connectivity index (χ2n) is 8.48. The monoisotopic (exact) mass is 480 g/mol. The van der Waals surface area contributed by atoms with E-state index in [1.807, 2.05) is 109 Å². The second-order valence-corrected chi connectivity index (χ2v) is 8.48. The van der Waals surface area contributed by atoms with Crippen LogP contribution in [0.5, 0.6) is 0 Å². The summed E-state index contributed by atoms with van der Waals surface area (Å²) >= 11 is 0. The summed E-state index contributed by atoms with van der Waals surface area (Å²) in [7, 11) is 0. The predicted octanol–water partition coefficient (Wildman–Crippen LogP) is 7.72. The Balaban J connectivity index is 1.67. The van der Waals surface area contributed by atoms with Crippen LogP contribution in [0, 0.1) is 0 Å². The average Bonchev–Trinajstić information content (AvgIpc) is 2.98. The first-order valence-electron chi connectivity index (χ1n) is 12.0. The molecule has 0 aromatic heterocycles. The quantitative estimate of drug-likeness (QED) is 0.201. The summed E-state index contributed by atoms with van der Waals surface area (Å²) in [5, 5.41) is 0. The van der Waals surface area contributed by atoms with Gasteiger partial charge in [0.15, 0.2) is 11.6 Å². The van der Waals surface area contributed by atoms with Crippen molar-refractivity contribution in [2.24, 2.45) is 0 Å². The summed E-state index contributed by atoms with van der Waals surface area (Å²) in [5.74, 6) is 0.893. The van der Waals surface area contributed by atoms with Crippen molar-refractivity contribution in [3.05, 3.63) is 179 Å². The van der Waals surface area contributed by atoms with Crippen molar-refractivity contribution >= 4 is 23.1 Å². The minimum atomic E-state index is -0.179. The van der Waals surface area contributed by atoms with Crippen LogP contribution in [-0.2, 0) is 4.74 Å². The molecule has 3 heteroatoms. The predicted molar refractivity (Wildman–Crippen MR) is 148 cm³/mol. The van der Waals surface area contributed by atoms with Gasteiger partial charge < -0.3 is 4.74 Å². The Bertz CT molecular complexity index is 1470. The first kappa shape index (κ1) is 23.7. The van der Waals surface area contributed by atoms with Gasteiger partial charge in [-0.3, -0.25) is 9.59 Å². The molecule has 4 aromatic carbocycles. The smallest absolute Gasteiger partial charge is 0.193 e. The van der Waals surface area contributed by atoms with E-state index in [4.69, 9.17) is 4.74 Å². The maximum absolute atomic E-state index is 13.8. The van der Waals surface area contributed by atoms with Gasteiger partial charge in [-0.2, -0.15) is 0 Å². The number of Topliss-reactive ketones (excluding diaryl/α,β-unsaturated/α-hetero) is 1. The van der Waals surface area contributed by atoms with Gasteiger partial charge in [0.1, 0.15) is 11.5 Å². The Hall–Kier alpha value is -5.02. The van der Waals surface area contributed by atoms with Crippen molar-refractivity contribution in [2.75, 3.05) is 0 Å². The third kappa shape index (κ3) is 5.63. The Morgan fingerprint density at radius 3 is 1.43 bits per heavy atom. The maximum atomic E-state index is 13.8. The number of ether oxygens (including phenoxy) is 1. The highest BCUT2D eigenvalue weighted by atomic mass is 16.5. The van der Waals surface area contributed by atoms with E-state index in [1.54, 1.807) is 30.3 Å². The van der Waals surface area contributed by atoms with E-state index in [2.05, 4.69) is 0 Å². The van der Waals surface area contributed by atoms with Crippen molar-refractivity contribution in [3.8, 4) is 0 Å². The summed E-state index contributed by atoms with van der Waals surface area (Å²) in [5.41, 5.74) is 3.94. The van der Waals surface area contributed by atoms with E-state index in [0.29, 0.717) is 33.8 Å². The minimum Gasteiger partial charge on any atom is -0.456 e. The lowest BCUT2D eigenvalue weighted by atomic mass is 9.94. The number of hydrogen-bond acceptors (Lipinski definition) is 3. The zero-order valence-corrected chi connectivity index (χ0v) is 20.1. The molecule has 0 fully saturated rings. The maximum Gasteiger partial charge on any atom is 0.193 e. The fraction of sp³-hybridized carbons (Fsp3) is 0. The van der Waals surface area contributed by atoms with Crippen molar-refractivity contribution in [1.29, 1.82) is 0 Å². The number of carbonyl (C=O) groups is 2. The Morgan fingerprint density at radius 1 is 0.514 bits per heavy atom. The molecule has 178 valence electrons. The van der Waals surface area contributed by atoms with Crippen LogP contribution in [0.15, 0.2) is 157 Å². The van der Waals surface area contributed by atoms with Gasteiger partial charge in [0, 0.05) is 27.8 Å². The number of benzene rings is 4. The molecule has 0 bridgehead atoms. The van der Waals surface area contributed by atoms with Crippen LogP contribution in [0.1, 0.15) is 31.8 Å². The normalized spacial score (nSPS) is 12.9. The Kier molecular flexibility index (Phi) is 7.14. The van der Waals surface area contributed by atoms with Gasteiger partial charge >= 0.3 is 0 Å². The second kappa shape index (κ2) is 11.1. The highest BCUT2D eigenvalue weighted by molar-refractivity contribution is 6.13. The fourth-order valence-electron chi connectivity index (χ4n) is 4.05. The molecular weight excluding hydrogens is 456 g/mol. The molecular formula is C34H24O3. The summed E-state index contributed by atoms with van der Waals surface area (Å²) in [6.07, 6.45) is 6.79. The third-order valence-electron chi connectivity index (χ3n) is 5.96. The van der Waals surface area contributed by atoms with E-state index in [-0.39, 0.29) is 11.6 Å². The number of carbonyl (C=O) groups excluding carboxylic acids is 2. The lowest BCUT2D eigenvalue weighted by Gasteiger charge is -2.20. The molecule has 1 aliphatic rings. The number of hydrogen-bond donors (Lipinski definition) is 0. The van der Waals surface area contributed by atoms with Crippen molar-refractivity contribution in [2.45, 2.75) is 0 Å². The molecule has 0 saturated carbocycles. The molecule has 3 nitrogen and oxygen atoms in total. The summed E-state index contributed by atoms with van der Waals surface area (Å²) in [6.45, 7) is 0. The van der Waals surface area contributed by atoms with Crippen LogP contribution in [-0.4, -0.2) is 11.6 Å². The summed E-state index contributed by atoms with van der Waals surface area (Å²) in [6, 6.07) is 37.6. The molecule has 4 aromatic rings. The van der Waals surface area contributed by atoms with E-state index in [0.717, 1.165) is 11.1 Å². The van der Waals surface area contributed by atoms with Crippen LogP contribution in [0.25, 0.3) is 11.5 Å². The van der Waals surface area contributed by atoms with Crippen LogP contribution < -0.4 is 0 Å². The highest BCUT2D eigenvalue weighted by Gasteiger charge is 2.20. The van der Waals surface area contributed by atoms with E-state index in [1.165, 1.54) is 6.08 Å². The van der Waals surface area contributed by atoms with Gasteiger partial charge in [-0.15, -0.1) is 0 Å². The molecule has 1 aliphatic heterocycles. The standard InChI is InChI=1S/C34H24O3/c35-31(25-13-5-1-6-14-25)22-21-30(34(36)28-19-11-4-12-20-28)29-23-32(26-15-7-2-8-16-26)37-33(24-29)27-17-9-3-10-18-27/h1-24H/b22-21+. The zero-order valence-electron chi connectivity index (χ0n) is 20.1. The van der Waals surface area contributed by atoms with Gasteiger partial charge in [0.25, 0.3) is 0 Å². The van der Waals surface area contributed by atoms with Gasteiger partial charge in [-0.05, 0) is 29.9 Å². The average molecular weight is 481 g/mol. The molecule has 0 amide bonds. The minimum absolute atomic E-state index is 0.175. The molecule has 5 rings (SSSR count). The van der Waals surface area contributed by atoms with Crippen LogP contribution >= 0.6 is 0 Å². The van der Waals surface area contributed by atoms with Gasteiger partial charge in [-0.25, -0.2) is 0 Å². The van der Waals surface area contributed by atoms with Crippen molar-refractivity contribution < 1.29 is 14.3 Å². The Labute approximate surface area is 216 Å². The number of ketones is 2. The zero-order chi connectivity index (χ0) is 25.5.